The summed E-state index contributed by atoms with van der Waals surface area (Å²) in [7, 11) is -3.62. The van der Waals surface area contributed by atoms with Crippen molar-refractivity contribution in [3.05, 3.63) is 59.7 Å². The van der Waals surface area contributed by atoms with Crippen LogP contribution < -0.4 is 5.32 Å². The molecular formula is C21H26N2O4S. The first-order chi connectivity index (χ1) is 13.3. The van der Waals surface area contributed by atoms with Crippen LogP contribution >= 0.6 is 0 Å². The van der Waals surface area contributed by atoms with E-state index in [0.717, 1.165) is 17.7 Å². The highest BCUT2D eigenvalue weighted by molar-refractivity contribution is 7.89. The second kappa shape index (κ2) is 8.43. The topological polar surface area (TPSA) is 75.7 Å². The molecule has 0 aromatic heterocycles. The fourth-order valence-corrected chi connectivity index (χ4v) is 4.99. The predicted molar refractivity (Wildman–Crippen MR) is 109 cm³/mol. The maximum absolute atomic E-state index is 12.9. The first kappa shape index (κ1) is 20.5. The number of para-hydroxylation sites is 1. The average Bonchev–Trinajstić information content (AvgIpc) is 2.67. The molecule has 1 N–H and O–H groups in total. The third-order valence-corrected chi connectivity index (χ3v) is 6.63. The van der Waals surface area contributed by atoms with Crippen molar-refractivity contribution in [1.29, 1.82) is 0 Å². The van der Waals surface area contributed by atoms with E-state index < -0.39 is 10.0 Å². The SMILES string of the molecule is CCc1ccccc1NC(=O)c1ccc(S(=O)(=O)N2C[C@@H](C)O[C@@H](C)C2)cc1. The lowest BCUT2D eigenvalue weighted by Crippen LogP contribution is -2.48. The maximum Gasteiger partial charge on any atom is 0.255 e. The molecule has 1 amide bonds. The minimum Gasteiger partial charge on any atom is -0.373 e. The van der Waals surface area contributed by atoms with Crippen molar-refractivity contribution >= 4 is 21.6 Å². The minimum atomic E-state index is -3.62. The highest BCUT2D eigenvalue weighted by Crippen LogP contribution is 2.22. The Kier molecular flexibility index (Phi) is 6.17. The molecule has 2 atom stereocenters. The van der Waals surface area contributed by atoms with Crippen molar-refractivity contribution in [1.82, 2.24) is 4.31 Å². The summed E-state index contributed by atoms with van der Waals surface area (Å²) in [4.78, 5) is 12.7. The first-order valence-electron chi connectivity index (χ1n) is 9.46. The molecule has 0 bridgehead atoms. The van der Waals surface area contributed by atoms with Gasteiger partial charge in [-0.25, -0.2) is 8.42 Å². The Hall–Kier alpha value is -2.22. The van der Waals surface area contributed by atoms with Gasteiger partial charge in [-0.15, -0.1) is 0 Å². The van der Waals surface area contributed by atoms with Crippen LogP contribution in [0.2, 0.25) is 0 Å². The minimum absolute atomic E-state index is 0.151. The van der Waals surface area contributed by atoms with Gasteiger partial charge >= 0.3 is 0 Å². The molecule has 150 valence electrons. The van der Waals surface area contributed by atoms with Crippen molar-refractivity contribution in [2.75, 3.05) is 18.4 Å². The third-order valence-electron chi connectivity index (χ3n) is 4.79. The van der Waals surface area contributed by atoms with Crippen LogP contribution in [-0.2, 0) is 21.2 Å². The summed E-state index contributed by atoms with van der Waals surface area (Å²) in [5.41, 5.74) is 2.22. The van der Waals surface area contributed by atoms with Crippen molar-refractivity contribution < 1.29 is 17.9 Å². The van der Waals surface area contributed by atoms with Crippen LogP contribution in [0.25, 0.3) is 0 Å². The van der Waals surface area contributed by atoms with E-state index >= 15 is 0 Å². The number of nitrogens with zero attached hydrogens (tertiary/aromatic N) is 1. The molecule has 1 aliphatic rings. The summed E-state index contributed by atoms with van der Waals surface area (Å²) < 4.78 is 32.9. The number of hydrogen-bond acceptors (Lipinski definition) is 4. The molecular weight excluding hydrogens is 376 g/mol. The lowest BCUT2D eigenvalue weighted by Gasteiger charge is -2.34. The highest BCUT2D eigenvalue weighted by Gasteiger charge is 2.32. The fourth-order valence-electron chi connectivity index (χ4n) is 3.40. The van der Waals surface area contributed by atoms with Crippen LogP contribution in [0.1, 0.15) is 36.7 Å². The zero-order valence-electron chi connectivity index (χ0n) is 16.4. The number of carbonyl (C=O) groups excluding carboxylic acids is 1. The van der Waals surface area contributed by atoms with Gasteiger partial charge < -0.3 is 10.1 Å². The van der Waals surface area contributed by atoms with Crippen LogP contribution in [-0.4, -0.2) is 43.9 Å². The Morgan fingerprint density at radius 3 is 2.29 bits per heavy atom. The summed E-state index contributed by atoms with van der Waals surface area (Å²) in [5.74, 6) is -0.265. The number of aryl methyl sites for hydroxylation is 1. The van der Waals surface area contributed by atoms with Crippen molar-refractivity contribution in [2.45, 2.75) is 44.3 Å². The largest absolute Gasteiger partial charge is 0.373 e. The van der Waals surface area contributed by atoms with E-state index in [1.165, 1.54) is 16.4 Å². The van der Waals surface area contributed by atoms with Crippen molar-refractivity contribution in [3.8, 4) is 0 Å². The Morgan fingerprint density at radius 2 is 1.68 bits per heavy atom. The molecule has 7 heteroatoms. The van der Waals surface area contributed by atoms with Gasteiger partial charge in [-0.2, -0.15) is 4.31 Å². The van der Waals surface area contributed by atoms with Gasteiger partial charge in [0.25, 0.3) is 5.91 Å². The zero-order valence-corrected chi connectivity index (χ0v) is 17.2. The summed E-state index contributed by atoms with van der Waals surface area (Å²) in [6, 6.07) is 13.7. The molecule has 0 spiro atoms. The zero-order chi connectivity index (χ0) is 20.3. The number of sulfonamides is 1. The molecule has 1 aliphatic heterocycles. The molecule has 0 aliphatic carbocycles. The number of morpholine rings is 1. The molecule has 3 rings (SSSR count). The van der Waals surface area contributed by atoms with Gasteiger partial charge in [0.15, 0.2) is 0 Å². The summed E-state index contributed by atoms with van der Waals surface area (Å²) >= 11 is 0. The lowest BCUT2D eigenvalue weighted by atomic mass is 10.1. The summed E-state index contributed by atoms with van der Waals surface area (Å²) in [5, 5.41) is 2.90. The van der Waals surface area contributed by atoms with E-state index in [1.807, 2.05) is 45.0 Å². The van der Waals surface area contributed by atoms with Gasteiger partial charge in [-0.1, -0.05) is 25.1 Å². The van der Waals surface area contributed by atoms with E-state index in [4.69, 9.17) is 4.74 Å². The van der Waals surface area contributed by atoms with Crippen LogP contribution in [0.15, 0.2) is 53.4 Å². The van der Waals surface area contributed by atoms with E-state index in [2.05, 4.69) is 5.32 Å². The Balaban J connectivity index is 1.76. The molecule has 28 heavy (non-hydrogen) atoms. The Morgan fingerprint density at radius 1 is 1.07 bits per heavy atom. The van der Waals surface area contributed by atoms with Gasteiger partial charge in [0.05, 0.1) is 17.1 Å². The second-order valence-electron chi connectivity index (χ2n) is 7.07. The number of benzene rings is 2. The van der Waals surface area contributed by atoms with Gasteiger partial charge in [-0.3, -0.25) is 4.79 Å². The molecule has 6 nitrogen and oxygen atoms in total. The Labute approximate surface area is 166 Å². The molecule has 2 aromatic rings. The second-order valence-corrected chi connectivity index (χ2v) is 9.01. The highest BCUT2D eigenvalue weighted by atomic mass is 32.2. The number of nitrogens with one attached hydrogen (secondary N) is 1. The smallest absolute Gasteiger partial charge is 0.255 e. The molecule has 0 saturated carbocycles. The van der Waals surface area contributed by atoms with Crippen LogP contribution in [0.4, 0.5) is 5.69 Å². The monoisotopic (exact) mass is 402 g/mol. The number of carbonyl (C=O) groups is 1. The lowest BCUT2D eigenvalue weighted by molar-refractivity contribution is -0.0440. The molecule has 1 saturated heterocycles. The average molecular weight is 403 g/mol. The normalized spacial score (nSPS) is 20.7. The van der Waals surface area contributed by atoms with E-state index in [0.29, 0.717) is 18.7 Å². The molecule has 1 heterocycles. The number of ether oxygens (including phenoxy) is 1. The fraction of sp³-hybridized carbons (Fsp3) is 0.381. The van der Waals surface area contributed by atoms with Crippen molar-refractivity contribution in [2.24, 2.45) is 0 Å². The van der Waals surface area contributed by atoms with Crippen molar-refractivity contribution in [3.63, 3.8) is 0 Å². The number of hydrogen-bond donors (Lipinski definition) is 1. The summed E-state index contributed by atoms with van der Waals surface area (Å²) in [6.45, 7) is 6.39. The van der Waals surface area contributed by atoms with E-state index in [-0.39, 0.29) is 23.0 Å². The van der Waals surface area contributed by atoms with Gasteiger partial charge in [-0.05, 0) is 56.2 Å². The third kappa shape index (κ3) is 4.43. The van der Waals surface area contributed by atoms with Gasteiger partial charge in [0, 0.05) is 24.3 Å². The van der Waals surface area contributed by atoms with E-state index in [9.17, 15) is 13.2 Å². The van der Waals surface area contributed by atoms with Gasteiger partial charge in [0.2, 0.25) is 10.0 Å². The standard InChI is InChI=1S/C21H26N2O4S/c1-4-17-7-5-6-8-20(17)22-21(24)18-9-11-19(12-10-18)28(25,26)23-13-15(2)27-16(3)14-23/h5-12,15-16H,4,13-14H2,1-3H3,(H,22,24)/t15-,16+. The number of amides is 1. The molecule has 1 fully saturated rings. The quantitative estimate of drug-likeness (QED) is 0.833. The van der Waals surface area contributed by atoms with Crippen LogP contribution in [0, 0.1) is 0 Å². The van der Waals surface area contributed by atoms with Crippen LogP contribution in [0.3, 0.4) is 0 Å². The maximum atomic E-state index is 12.9. The van der Waals surface area contributed by atoms with Gasteiger partial charge in [0.1, 0.15) is 0 Å². The predicted octanol–water partition coefficient (Wildman–Crippen LogP) is 3.30. The van der Waals surface area contributed by atoms with Crippen LogP contribution in [0.5, 0.6) is 0 Å². The summed E-state index contributed by atoms with van der Waals surface area (Å²) in [6.07, 6.45) is 0.508. The molecule has 0 unspecified atom stereocenters. The van der Waals surface area contributed by atoms with E-state index in [1.54, 1.807) is 12.1 Å². The molecule has 0 radical (unpaired) electrons. The Bertz CT molecular complexity index is 931. The number of anilines is 1. The first-order valence-corrected chi connectivity index (χ1v) is 10.9. The molecule has 2 aromatic carbocycles. The number of rotatable bonds is 5.